The standard InChI is InChI=1S/C16H23N3O2/c17-14-5-7-18(8-6-14)12-16(20)19-9-10-21-15-4-2-1-3-13(15)11-19/h1-4,14H,5-12,17H2. The summed E-state index contributed by atoms with van der Waals surface area (Å²) in [6.45, 7) is 4.20. The first-order valence-electron chi connectivity index (χ1n) is 7.69. The molecule has 1 amide bonds. The summed E-state index contributed by atoms with van der Waals surface area (Å²) in [4.78, 5) is 16.6. The number of piperidine rings is 1. The number of hydrogen-bond donors (Lipinski definition) is 1. The van der Waals surface area contributed by atoms with Crippen molar-refractivity contribution in [2.45, 2.75) is 25.4 Å². The number of fused-ring (bicyclic) bond motifs is 1. The van der Waals surface area contributed by atoms with Gasteiger partial charge >= 0.3 is 0 Å². The highest BCUT2D eigenvalue weighted by atomic mass is 16.5. The molecule has 0 atom stereocenters. The molecule has 0 aromatic heterocycles. The minimum Gasteiger partial charge on any atom is -0.491 e. The second-order valence-electron chi connectivity index (χ2n) is 5.89. The third-order valence-electron chi connectivity index (χ3n) is 4.30. The molecule has 2 aliphatic rings. The molecule has 1 aromatic carbocycles. The van der Waals surface area contributed by atoms with Gasteiger partial charge in [-0.2, -0.15) is 0 Å². The van der Waals surface area contributed by atoms with E-state index in [1.807, 2.05) is 29.2 Å². The SMILES string of the molecule is NC1CCN(CC(=O)N2CCOc3ccccc3C2)CC1. The van der Waals surface area contributed by atoms with Crippen LogP contribution in [-0.2, 0) is 11.3 Å². The third kappa shape index (κ3) is 3.54. The minimum atomic E-state index is 0.186. The lowest BCUT2D eigenvalue weighted by Crippen LogP contribution is -2.46. The molecule has 0 saturated carbocycles. The van der Waals surface area contributed by atoms with Gasteiger partial charge in [-0.15, -0.1) is 0 Å². The quantitative estimate of drug-likeness (QED) is 0.876. The first-order valence-corrected chi connectivity index (χ1v) is 7.69. The summed E-state index contributed by atoms with van der Waals surface area (Å²) in [6, 6.07) is 8.25. The summed E-state index contributed by atoms with van der Waals surface area (Å²) in [5.41, 5.74) is 6.99. The summed E-state index contributed by atoms with van der Waals surface area (Å²) in [5, 5.41) is 0. The highest BCUT2D eigenvalue weighted by molar-refractivity contribution is 5.78. The number of rotatable bonds is 2. The Morgan fingerprint density at radius 3 is 2.81 bits per heavy atom. The molecule has 1 saturated heterocycles. The molecule has 2 N–H and O–H groups in total. The van der Waals surface area contributed by atoms with Gasteiger partial charge in [-0.1, -0.05) is 18.2 Å². The van der Waals surface area contributed by atoms with Gasteiger partial charge in [0.15, 0.2) is 0 Å². The lowest BCUT2D eigenvalue weighted by molar-refractivity contribution is -0.133. The van der Waals surface area contributed by atoms with Gasteiger partial charge < -0.3 is 15.4 Å². The van der Waals surface area contributed by atoms with Crippen LogP contribution in [0.1, 0.15) is 18.4 Å². The number of amides is 1. The maximum Gasteiger partial charge on any atom is 0.237 e. The highest BCUT2D eigenvalue weighted by Gasteiger charge is 2.23. The van der Waals surface area contributed by atoms with Gasteiger partial charge in [0.05, 0.1) is 13.1 Å². The van der Waals surface area contributed by atoms with Crippen molar-refractivity contribution in [2.24, 2.45) is 5.73 Å². The molecule has 0 unspecified atom stereocenters. The second kappa shape index (κ2) is 6.45. The van der Waals surface area contributed by atoms with Crippen molar-refractivity contribution in [1.82, 2.24) is 9.80 Å². The number of ether oxygens (including phenoxy) is 1. The summed E-state index contributed by atoms with van der Waals surface area (Å²) in [5.74, 6) is 1.09. The zero-order valence-corrected chi connectivity index (χ0v) is 12.3. The number of para-hydroxylation sites is 1. The van der Waals surface area contributed by atoms with Crippen LogP contribution in [0.25, 0.3) is 0 Å². The molecule has 0 aliphatic carbocycles. The van der Waals surface area contributed by atoms with E-state index in [4.69, 9.17) is 10.5 Å². The van der Waals surface area contributed by atoms with Crippen LogP contribution in [0.15, 0.2) is 24.3 Å². The fourth-order valence-corrected chi connectivity index (χ4v) is 2.94. The molecule has 5 nitrogen and oxygen atoms in total. The Labute approximate surface area is 125 Å². The Bertz CT molecular complexity index is 498. The van der Waals surface area contributed by atoms with Gasteiger partial charge in [-0.25, -0.2) is 0 Å². The Hall–Kier alpha value is -1.59. The average Bonchev–Trinajstić information content (AvgIpc) is 2.72. The number of hydrogen-bond acceptors (Lipinski definition) is 4. The lowest BCUT2D eigenvalue weighted by Gasteiger charge is -2.31. The minimum absolute atomic E-state index is 0.186. The molecular weight excluding hydrogens is 266 g/mol. The van der Waals surface area contributed by atoms with Crippen LogP contribution in [0.5, 0.6) is 5.75 Å². The van der Waals surface area contributed by atoms with E-state index in [0.29, 0.717) is 32.3 Å². The zero-order valence-electron chi connectivity index (χ0n) is 12.3. The number of carbonyl (C=O) groups excluding carboxylic acids is 1. The maximum atomic E-state index is 12.5. The Balaban J connectivity index is 1.60. The largest absolute Gasteiger partial charge is 0.491 e. The van der Waals surface area contributed by atoms with Crippen LogP contribution in [-0.4, -0.2) is 54.5 Å². The molecule has 2 heterocycles. The number of benzene rings is 1. The molecule has 3 rings (SSSR count). The average molecular weight is 289 g/mol. The monoisotopic (exact) mass is 289 g/mol. The van der Waals surface area contributed by atoms with Crippen LogP contribution in [0, 0.1) is 0 Å². The van der Waals surface area contributed by atoms with Crippen molar-refractivity contribution in [3.05, 3.63) is 29.8 Å². The van der Waals surface area contributed by atoms with E-state index in [1.54, 1.807) is 0 Å². The van der Waals surface area contributed by atoms with Crippen LogP contribution in [0.2, 0.25) is 0 Å². The summed E-state index contributed by atoms with van der Waals surface area (Å²) >= 11 is 0. The Kier molecular flexibility index (Phi) is 4.41. The van der Waals surface area contributed by atoms with Crippen LogP contribution < -0.4 is 10.5 Å². The molecule has 5 heteroatoms. The van der Waals surface area contributed by atoms with Crippen LogP contribution in [0.4, 0.5) is 0 Å². The number of nitrogens with two attached hydrogens (primary N) is 1. The molecule has 21 heavy (non-hydrogen) atoms. The fourth-order valence-electron chi connectivity index (χ4n) is 2.94. The molecule has 2 aliphatic heterocycles. The normalized spacial score (nSPS) is 20.5. The summed E-state index contributed by atoms with van der Waals surface area (Å²) in [6.07, 6.45) is 1.97. The first-order chi connectivity index (χ1) is 10.2. The van der Waals surface area contributed by atoms with E-state index in [1.165, 1.54) is 0 Å². The molecule has 114 valence electrons. The third-order valence-corrected chi connectivity index (χ3v) is 4.30. The van der Waals surface area contributed by atoms with E-state index in [2.05, 4.69) is 4.90 Å². The van der Waals surface area contributed by atoms with Gasteiger partial charge in [-0.3, -0.25) is 9.69 Å². The summed E-state index contributed by atoms with van der Waals surface area (Å²) < 4.78 is 5.71. The maximum absolute atomic E-state index is 12.5. The van der Waals surface area contributed by atoms with Crippen LogP contribution in [0.3, 0.4) is 0 Å². The topological polar surface area (TPSA) is 58.8 Å². The lowest BCUT2D eigenvalue weighted by atomic mass is 10.1. The van der Waals surface area contributed by atoms with Crippen molar-refractivity contribution in [3.63, 3.8) is 0 Å². The van der Waals surface area contributed by atoms with E-state index >= 15 is 0 Å². The number of likely N-dealkylation sites (tertiary alicyclic amines) is 1. The fraction of sp³-hybridized carbons (Fsp3) is 0.562. The van der Waals surface area contributed by atoms with E-state index < -0.39 is 0 Å². The molecule has 1 fully saturated rings. The van der Waals surface area contributed by atoms with Crippen molar-refractivity contribution in [3.8, 4) is 5.75 Å². The molecular formula is C16H23N3O2. The molecule has 0 spiro atoms. The van der Waals surface area contributed by atoms with Crippen molar-refractivity contribution in [2.75, 3.05) is 32.8 Å². The van der Waals surface area contributed by atoms with Gasteiger partial charge in [0.1, 0.15) is 12.4 Å². The number of carbonyl (C=O) groups is 1. The molecule has 0 radical (unpaired) electrons. The van der Waals surface area contributed by atoms with Crippen LogP contribution >= 0.6 is 0 Å². The van der Waals surface area contributed by atoms with Gasteiger partial charge in [-0.05, 0) is 18.9 Å². The second-order valence-corrected chi connectivity index (χ2v) is 5.89. The van der Waals surface area contributed by atoms with E-state index in [9.17, 15) is 4.79 Å². The van der Waals surface area contributed by atoms with Gasteiger partial charge in [0.25, 0.3) is 0 Å². The smallest absolute Gasteiger partial charge is 0.237 e. The van der Waals surface area contributed by atoms with Crippen molar-refractivity contribution in [1.29, 1.82) is 0 Å². The molecule has 0 bridgehead atoms. The predicted molar refractivity (Wildman–Crippen MR) is 81.0 cm³/mol. The van der Waals surface area contributed by atoms with Crippen molar-refractivity contribution >= 4 is 5.91 Å². The van der Waals surface area contributed by atoms with Gasteiger partial charge in [0.2, 0.25) is 5.91 Å². The Morgan fingerprint density at radius 2 is 2.00 bits per heavy atom. The highest BCUT2D eigenvalue weighted by Crippen LogP contribution is 2.22. The number of nitrogens with zero attached hydrogens (tertiary/aromatic N) is 2. The Morgan fingerprint density at radius 1 is 1.24 bits per heavy atom. The molecule has 1 aromatic rings. The van der Waals surface area contributed by atoms with E-state index in [0.717, 1.165) is 37.2 Å². The predicted octanol–water partition coefficient (Wildman–Crippen LogP) is 0.831. The van der Waals surface area contributed by atoms with E-state index in [-0.39, 0.29) is 5.91 Å². The van der Waals surface area contributed by atoms with Gasteiger partial charge in [0, 0.05) is 31.2 Å². The summed E-state index contributed by atoms with van der Waals surface area (Å²) in [7, 11) is 0. The first kappa shape index (κ1) is 14.4. The zero-order chi connectivity index (χ0) is 14.7. The van der Waals surface area contributed by atoms with Crippen molar-refractivity contribution < 1.29 is 9.53 Å².